The van der Waals surface area contributed by atoms with Gasteiger partial charge in [-0.2, -0.15) is 0 Å². The Bertz CT molecular complexity index is 242. The van der Waals surface area contributed by atoms with Gasteiger partial charge in [0, 0.05) is 0 Å². The molecule has 0 saturated carbocycles. The molecule has 1 unspecified atom stereocenters. The Morgan fingerprint density at radius 3 is 2.17 bits per heavy atom. The van der Waals surface area contributed by atoms with Crippen molar-refractivity contribution < 1.29 is 18.7 Å². The SMILES string of the molecule is O=S([O-])Oc1ccccc1.[H-].[H-].[H-].[H-].[Mg+2].[Mg+2]. The average molecular weight is 210 g/mol. The van der Waals surface area contributed by atoms with Crippen LogP contribution in [0.5, 0.6) is 5.75 Å². The van der Waals surface area contributed by atoms with E-state index in [2.05, 4.69) is 4.18 Å². The summed E-state index contributed by atoms with van der Waals surface area (Å²) in [5.74, 6) is 0.329. The average Bonchev–Trinajstić information content (AvgIpc) is 1.88. The van der Waals surface area contributed by atoms with Crippen molar-refractivity contribution in [2.75, 3.05) is 0 Å². The minimum Gasteiger partial charge on any atom is -1.00 e. The van der Waals surface area contributed by atoms with E-state index in [9.17, 15) is 8.76 Å². The van der Waals surface area contributed by atoms with Crippen molar-refractivity contribution in [2.45, 2.75) is 0 Å². The van der Waals surface area contributed by atoms with Crippen molar-refractivity contribution >= 4 is 57.5 Å². The standard InChI is InChI=1S/C6H6O3S.2Mg.4H/c7-10(8)9-6-4-2-1-3-5-6;;;;;;/h1-5H,(H,7,8);;;;;;/q;2*+2;4*-1/p-1. The van der Waals surface area contributed by atoms with Crippen LogP contribution in [-0.2, 0) is 11.4 Å². The van der Waals surface area contributed by atoms with E-state index >= 15 is 0 Å². The van der Waals surface area contributed by atoms with Gasteiger partial charge in [-0.1, -0.05) is 18.2 Å². The van der Waals surface area contributed by atoms with Gasteiger partial charge in [-0.3, -0.25) is 0 Å². The fourth-order valence-electron chi connectivity index (χ4n) is 0.555. The first-order valence-corrected chi connectivity index (χ1v) is 3.61. The fourth-order valence-corrected chi connectivity index (χ4v) is 0.823. The molecular formula is C6H9Mg2O3S-. The van der Waals surface area contributed by atoms with Crippen LogP contribution in [0, 0.1) is 0 Å². The predicted octanol–water partition coefficient (Wildman–Crippen LogP) is 0.548. The Morgan fingerprint density at radius 1 is 1.25 bits per heavy atom. The summed E-state index contributed by atoms with van der Waals surface area (Å²) in [6.45, 7) is 0. The molecule has 0 N–H and O–H groups in total. The number of rotatable bonds is 2. The number of para-hydroxylation sites is 1. The number of hydrogen-bond acceptors (Lipinski definition) is 3. The molecule has 0 bridgehead atoms. The molecule has 0 aliphatic heterocycles. The second-order valence-corrected chi connectivity index (χ2v) is 2.18. The first kappa shape index (κ1) is 15.1. The molecule has 0 radical (unpaired) electrons. The van der Waals surface area contributed by atoms with Crippen molar-refractivity contribution in [3.05, 3.63) is 30.3 Å². The van der Waals surface area contributed by atoms with Gasteiger partial charge in [-0.25, -0.2) is 4.21 Å². The van der Waals surface area contributed by atoms with E-state index in [-0.39, 0.29) is 51.8 Å². The molecule has 62 valence electrons. The summed E-state index contributed by atoms with van der Waals surface area (Å²) < 4.78 is 24.2. The Balaban J connectivity index is -0.0000000417. The van der Waals surface area contributed by atoms with Crippen LogP contribution in [0.15, 0.2) is 30.3 Å². The predicted molar refractivity (Wildman–Crippen MR) is 51.9 cm³/mol. The summed E-state index contributed by atoms with van der Waals surface area (Å²) in [5, 5.41) is 0. The van der Waals surface area contributed by atoms with Crippen LogP contribution in [0.1, 0.15) is 5.71 Å². The van der Waals surface area contributed by atoms with Gasteiger partial charge < -0.3 is 14.4 Å². The maximum absolute atomic E-state index is 9.95. The Hall–Kier alpha value is 0.662. The van der Waals surface area contributed by atoms with Gasteiger partial charge in [0.2, 0.25) is 0 Å². The van der Waals surface area contributed by atoms with E-state index in [0.717, 1.165) is 0 Å². The smallest absolute Gasteiger partial charge is 1.00 e. The third-order valence-electron chi connectivity index (χ3n) is 0.907. The quantitative estimate of drug-likeness (QED) is 0.528. The largest absolute Gasteiger partial charge is 2.00 e. The minimum atomic E-state index is -2.47. The Labute approximate surface area is 112 Å². The van der Waals surface area contributed by atoms with Crippen molar-refractivity contribution in [1.29, 1.82) is 0 Å². The molecule has 1 atom stereocenters. The van der Waals surface area contributed by atoms with Gasteiger partial charge in [0.05, 0.1) is 0 Å². The molecule has 1 rings (SSSR count). The zero-order chi connectivity index (χ0) is 7.40. The topological polar surface area (TPSA) is 49.4 Å². The van der Waals surface area contributed by atoms with Crippen LogP contribution in [0.4, 0.5) is 0 Å². The van der Waals surface area contributed by atoms with Gasteiger partial charge in [0.1, 0.15) is 17.1 Å². The first-order chi connectivity index (χ1) is 4.79. The third kappa shape index (κ3) is 6.21. The van der Waals surface area contributed by atoms with Crippen LogP contribution in [0.25, 0.3) is 0 Å². The maximum Gasteiger partial charge on any atom is 2.00 e. The summed E-state index contributed by atoms with van der Waals surface area (Å²) in [7, 11) is 0. The molecule has 1 aromatic rings. The van der Waals surface area contributed by atoms with Crippen LogP contribution in [-0.4, -0.2) is 54.9 Å². The Kier molecular flexibility index (Phi) is 10.4. The van der Waals surface area contributed by atoms with Crippen molar-refractivity contribution in [3.8, 4) is 5.75 Å². The molecular weight excluding hydrogens is 201 g/mol. The van der Waals surface area contributed by atoms with Crippen LogP contribution < -0.4 is 4.18 Å². The summed E-state index contributed by atoms with van der Waals surface area (Å²) in [6.07, 6.45) is 0. The molecule has 0 spiro atoms. The van der Waals surface area contributed by atoms with Crippen molar-refractivity contribution in [3.63, 3.8) is 0 Å². The minimum absolute atomic E-state index is 0. The third-order valence-corrected chi connectivity index (χ3v) is 1.24. The van der Waals surface area contributed by atoms with Gasteiger partial charge >= 0.3 is 46.1 Å². The van der Waals surface area contributed by atoms with Gasteiger partial charge in [-0.15, -0.1) is 0 Å². The Morgan fingerprint density at radius 2 is 1.75 bits per heavy atom. The van der Waals surface area contributed by atoms with Crippen LogP contribution in [0.3, 0.4) is 0 Å². The number of benzene rings is 1. The monoisotopic (exact) mass is 209 g/mol. The normalized spacial score (nSPS) is 10.4. The second kappa shape index (κ2) is 8.27. The summed E-state index contributed by atoms with van der Waals surface area (Å²) in [4.78, 5) is 0. The van der Waals surface area contributed by atoms with E-state index in [1.807, 2.05) is 0 Å². The maximum atomic E-state index is 9.95. The van der Waals surface area contributed by atoms with Crippen LogP contribution >= 0.6 is 0 Å². The molecule has 0 saturated heterocycles. The summed E-state index contributed by atoms with van der Waals surface area (Å²) >= 11 is -2.47. The second-order valence-electron chi connectivity index (χ2n) is 1.60. The van der Waals surface area contributed by atoms with E-state index in [1.165, 1.54) is 0 Å². The summed E-state index contributed by atoms with van der Waals surface area (Å²) in [6, 6.07) is 8.30. The molecule has 0 heterocycles. The van der Waals surface area contributed by atoms with E-state index < -0.39 is 11.4 Å². The van der Waals surface area contributed by atoms with E-state index in [1.54, 1.807) is 30.3 Å². The van der Waals surface area contributed by atoms with Crippen LogP contribution in [0.2, 0.25) is 0 Å². The van der Waals surface area contributed by atoms with E-state index in [4.69, 9.17) is 0 Å². The zero-order valence-electron chi connectivity index (χ0n) is 10.4. The van der Waals surface area contributed by atoms with E-state index in [0.29, 0.717) is 5.75 Å². The molecule has 1 aromatic carbocycles. The first-order valence-electron chi connectivity index (χ1n) is 2.61. The fraction of sp³-hybridized carbons (Fsp3) is 0. The van der Waals surface area contributed by atoms with Crippen molar-refractivity contribution in [2.24, 2.45) is 0 Å². The number of hydrogen-bond donors (Lipinski definition) is 0. The molecule has 12 heavy (non-hydrogen) atoms. The molecule has 0 aromatic heterocycles. The molecule has 6 heteroatoms. The summed E-state index contributed by atoms with van der Waals surface area (Å²) in [5.41, 5.74) is 0. The molecule has 0 aliphatic rings. The van der Waals surface area contributed by atoms with Gasteiger partial charge in [0.25, 0.3) is 0 Å². The molecule has 3 nitrogen and oxygen atoms in total. The van der Waals surface area contributed by atoms with Gasteiger partial charge in [-0.05, 0) is 12.1 Å². The molecule has 0 amide bonds. The molecule has 0 fully saturated rings. The van der Waals surface area contributed by atoms with Gasteiger partial charge in [0.15, 0.2) is 0 Å². The van der Waals surface area contributed by atoms with Crippen molar-refractivity contribution in [1.82, 2.24) is 0 Å². The zero-order valence-corrected chi connectivity index (χ0v) is 10.1. The molecule has 0 aliphatic carbocycles.